The largest absolute Gasteiger partial charge is 0.474 e. The molecular weight excluding hydrogens is 368 g/mol. The maximum absolute atomic E-state index is 12.8. The van der Waals surface area contributed by atoms with Crippen LogP contribution in [0.4, 0.5) is 0 Å². The van der Waals surface area contributed by atoms with E-state index in [4.69, 9.17) is 10.5 Å². The first kappa shape index (κ1) is 19.7. The Balaban J connectivity index is 1.29. The van der Waals surface area contributed by atoms with E-state index in [1.165, 1.54) is 0 Å². The van der Waals surface area contributed by atoms with Crippen molar-refractivity contribution >= 4 is 11.8 Å². The smallest absolute Gasteiger partial charge is 0.254 e. The van der Waals surface area contributed by atoms with Gasteiger partial charge in [0.15, 0.2) is 0 Å². The molecule has 3 fully saturated rings. The number of hydrogen-bond acceptors (Lipinski definition) is 5. The van der Waals surface area contributed by atoms with E-state index in [-0.39, 0.29) is 29.5 Å². The molecule has 2 saturated carbocycles. The number of carbonyl (C=O) groups is 2. The number of nitrogens with two attached hydrogens (primary N) is 1. The van der Waals surface area contributed by atoms with E-state index in [1.54, 1.807) is 18.3 Å². The number of pyridine rings is 1. The van der Waals surface area contributed by atoms with Gasteiger partial charge < -0.3 is 15.8 Å². The van der Waals surface area contributed by atoms with E-state index in [2.05, 4.69) is 30.7 Å². The Hall–Kier alpha value is -2.57. The van der Waals surface area contributed by atoms with Gasteiger partial charge in [-0.1, -0.05) is 20.4 Å². The molecule has 1 aromatic rings. The lowest BCUT2D eigenvalue weighted by atomic mass is 9.52. The molecule has 7 heteroatoms. The van der Waals surface area contributed by atoms with Crippen LogP contribution in [0.25, 0.3) is 0 Å². The average molecular weight is 399 g/mol. The fourth-order valence-electron chi connectivity index (χ4n) is 5.00. The van der Waals surface area contributed by atoms with Crippen molar-refractivity contribution in [1.29, 1.82) is 0 Å². The summed E-state index contributed by atoms with van der Waals surface area (Å²) >= 11 is 0. The Bertz CT molecular complexity index is 823. The Kier molecular flexibility index (Phi) is 5.00. The van der Waals surface area contributed by atoms with Crippen LogP contribution < -0.4 is 15.8 Å². The van der Waals surface area contributed by atoms with Gasteiger partial charge in [0, 0.05) is 12.2 Å². The quantitative estimate of drug-likeness (QED) is 0.736. The summed E-state index contributed by atoms with van der Waals surface area (Å²) in [5.41, 5.74) is 5.94. The third kappa shape index (κ3) is 3.70. The molecular formula is C22H30N4O3. The first-order valence-corrected chi connectivity index (χ1v) is 10.5. The van der Waals surface area contributed by atoms with Crippen LogP contribution in [0.2, 0.25) is 0 Å². The summed E-state index contributed by atoms with van der Waals surface area (Å²) in [6, 6.07) is 3.40. The molecule has 0 radical (unpaired) electrons. The Morgan fingerprint density at radius 2 is 2.14 bits per heavy atom. The summed E-state index contributed by atoms with van der Waals surface area (Å²) in [5.74, 6) is 1.28. The van der Waals surface area contributed by atoms with E-state index < -0.39 is 5.91 Å². The summed E-state index contributed by atoms with van der Waals surface area (Å²) in [5, 5.41) is 3.29. The molecule has 1 aliphatic heterocycles. The minimum absolute atomic E-state index is 0.0401. The molecule has 1 atom stereocenters. The van der Waals surface area contributed by atoms with E-state index in [9.17, 15) is 9.59 Å². The number of hydrogen-bond donors (Lipinski definition) is 2. The zero-order valence-corrected chi connectivity index (χ0v) is 17.2. The zero-order valence-electron chi connectivity index (χ0n) is 17.2. The van der Waals surface area contributed by atoms with Crippen LogP contribution in [0.5, 0.6) is 5.88 Å². The molecule has 2 heterocycles. The Labute approximate surface area is 171 Å². The van der Waals surface area contributed by atoms with Crippen molar-refractivity contribution in [3.05, 3.63) is 36.3 Å². The van der Waals surface area contributed by atoms with Gasteiger partial charge in [0.2, 0.25) is 5.88 Å². The second-order valence-corrected chi connectivity index (χ2v) is 9.25. The number of amides is 2. The van der Waals surface area contributed by atoms with Gasteiger partial charge in [0.05, 0.1) is 0 Å². The third-order valence-corrected chi connectivity index (χ3v) is 6.54. The van der Waals surface area contributed by atoms with Crippen molar-refractivity contribution in [3.63, 3.8) is 0 Å². The van der Waals surface area contributed by atoms with E-state index in [0.717, 1.165) is 44.3 Å². The minimum Gasteiger partial charge on any atom is -0.474 e. The molecule has 1 spiro atoms. The standard InChI is InChI=1S/C22H30N4O3/c1-13(2)6-7-18-21(28)26(14(3)25-18)15-9-22(10-15)11-16(12-22)29-20-17(19(23)27)5-4-8-24-20/h4-5,8,13,15-16,18,25H,3,6-7,9-12H2,1-2H3,(H2,23,27). The number of nitrogens with zero attached hydrogens (tertiary/aromatic N) is 2. The molecule has 2 aliphatic carbocycles. The molecule has 0 aromatic carbocycles. The number of carbonyl (C=O) groups excluding carboxylic acids is 2. The topological polar surface area (TPSA) is 97.6 Å². The van der Waals surface area contributed by atoms with Crippen molar-refractivity contribution in [2.24, 2.45) is 17.1 Å². The number of rotatable bonds is 7. The van der Waals surface area contributed by atoms with Crippen LogP contribution in [0, 0.1) is 11.3 Å². The van der Waals surface area contributed by atoms with Crippen molar-refractivity contribution in [3.8, 4) is 5.88 Å². The highest BCUT2D eigenvalue weighted by molar-refractivity contribution is 5.94. The van der Waals surface area contributed by atoms with Crippen LogP contribution in [0.15, 0.2) is 30.7 Å². The van der Waals surface area contributed by atoms with Gasteiger partial charge >= 0.3 is 0 Å². The van der Waals surface area contributed by atoms with Crippen molar-refractivity contribution in [2.75, 3.05) is 0 Å². The lowest BCUT2D eigenvalue weighted by molar-refractivity contribution is -0.142. The van der Waals surface area contributed by atoms with E-state index in [0.29, 0.717) is 17.4 Å². The molecule has 4 rings (SSSR count). The van der Waals surface area contributed by atoms with Gasteiger partial charge in [0.1, 0.15) is 23.5 Å². The van der Waals surface area contributed by atoms with Gasteiger partial charge in [-0.2, -0.15) is 0 Å². The Morgan fingerprint density at radius 3 is 2.79 bits per heavy atom. The average Bonchev–Trinajstić information content (AvgIpc) is 2.88. The molecule has 156 valence electrons. The summed E-state index contributed by atoms with van der Waals surface area (Å²) < 4.78 is 5.93. The van der Waals surface area contributed by atoms with Crippen LogP contribution in [-0.2, 0) is 4.79 Å². The molecule has 3 N–H and O–H groups in total. The number of aromatic nitrogens is 1. The van der Waals surface area contributed by atoms with Crippen LogP contribution >= 0.6 is 0 Å². The lowest BCUT2D eigenvalue weighted by Crippen LogP contribution is -2.59. The summed E-state index contributed by atoms with van der Waals surface area (Å²) in [7, 11) is 0. The predicted molar refractivity (Wildman–Crippen MR) is 109 cm³/mol. The normalized spacial score (nSPS) is 30.9. The number of primary amides is 1. The summed E-state index contributed by atoms with van der Waals surface area (Å²) in [4.78, 5) is 30.4. The van der Waals surface area contributed by atoms with Gasteiger partial charge in [0.25, 0.3) is 11.8 Å². The van der Waals surface area contributed by atoms with Gasteiger partial charge in [-0.15, -0.1) is 0 Å². The van der Waals surface area contributed by atoms with Crippen LogP contribution in [-0.4, -0.2) is 39.9 Å². The van der Waals surface area contributed by atoms with Crippen molar-refractivity contribution < 1.29 is 14.3 Å². The van der Waals surface area contributed by atoms with Gasteiger partial charge in [-0.3, -0.25) is 14.5 Å². The van der Waals surface area contributed by atoms with Gasteiger partial charge in [-0.25, -0.2) is 4.98 Å². The lowest BCUT2D eigenvalue weighted by Gasteiger charge is -2.58. The predicted octanol–water partition coefficient (Wildman–Crippen LogP) is 2.58. The van der Waals surface area contributed by atoms with Crippen molar-refractivity contribution in [1.82, 2.24) is 15.2 Å². The highest BCUT2D eigenvalue weighted by atomic mass is 16.5. The maximum atomic E-state index is 12.8. The minimum atomic E-state index is -0.531. The first-order chi connectivity index (χ1) is 13.8. The monoisotopic (exact) mass is 398 g/mol. The third-order valence-electron chi connectivity index (χ3n) is 6.54. The van der Waals surface area contributed by atoms with Crippen molar-refractivity contribution in [2.45, 2.75) is 70.6 Å². The van der Waals surface area contributed by atoms with Crippen LogP contribution in [0.1, 0.15) is 62.7 Å². The number of nitrogens with one attached hydrogen (secondary N) is 1. The molecule has 0 bridgehead atoms. The zero-order chi connectivity index (χ0) is 20.8. The maximum Gasteiger partial charge on any atom is 0.254 e. The van der Waals surface area contributed by atoms with Gasteiger partial charge in [-0.05, 0) is 62.0 Å². The first-order valence-electron chi connectivity index (χ1n) is 10.5. The molecule has 7 nitrogen and oxygen atoms in total. The highest BCUT2D eigenvalue weighted by Crippen LogP contribution is 2.58. The van der Waals surface area contributed by atoms with E-state index >= 15 is 0 Å². The molecule has 3 aliphatic rings. The fraction of sp³-hybridized carbons (Fsp3) is 0.591. The summed E-state index contributed by atoms with van der Waals surface area (Å²) in [6.07, 6.45) is 7.29. The second-order valence-electron chi connectivity index (χ2n) is 9.25. The molecule has 1 unspecified atom stereocenters. The molecule has 29 heavy (non-hydrogen) atoms. The van der Waals surface area contributed by atoms with Crippen LogP contribution in [0.3, 0.4) is 0 Å². The molecule has 2 amide bonds. The van der Waals surface area contributed by atoms with E-state index in [1.807, 2.05) is 4.90 Å². The second kappa shape index (κ2) is 7.35. The molecule has 1 saturated heterocycles. The fourth-order valence-corrected chi connectivity index (χ4v) is 5.00. The summed E-state index contributed by atoms with van der Waals surface area (Å²) in [6.45, 7) is 8.42. The highest BCUT2D eigenvalue weighted by Gasteiger charge is 2.57. The SMILES string of the molecule is C=C1NC(CCC(C)C)C(=O)N1C1CC2(CC(Oc3ncccc3C(N)=O)C2)C1. The number of ether oxygens (including phenoxy) is 1. The molecule has 1 aromatic heterocycles. The Morgan fingerprint density at radius 1 is 1.41 bits per heavy atom.